The molecule has 0 unspecified atom stereocenters. The average molecular weight is 595 g/mol. The van der Waals surface area contributed by atoms with Gasteiger partial charge in [0.2, 0.25) is 0 Å². The van der Waals surface area contributed by atoms with Crippen LogP contribution in [-0.2, 0) is 32.2 Å². The first kappa shape index (κ1) is 32.9. The van der Waals surface area contributed by atoms with Crippen molar-refractivity contribution in [2.75, 3.05) is 94.0 Å². The first-order valence-corrected chi connectivity index (χ1v) is 15.6. The predicted molar refractivity (Wildman–Crippen MR) is 153 cm³/mol. The molecule has 0 radical (unpaired) electrons. The summed E-state index contributed by atoms with van der Waals surface area (Å²) in [4.78, 5) is 0. The second kappa shape index (κ2) is 19.5. The Morgan fingerprint density at radius 3 is 1.66 bits per heavy atom. The molecule has 1 aliphatic heterocycles. The summed E-state index contributed by atoms with van der Waals surface area (Å²) in [7, 11) is 2.23. The lowest BCUT2D eigenvalue weighted by atomic mass is 10.3. The molecule has 0 spiro atoms. The van der Waals surface area contributed by atoms with Gasteiger partial charge in [-0.2, -0.15) is 10.2 Å². The predicted octanol–water partition coefficient (Wildman–Crippen LogP) is 4.59. The molecule has 0 aromatic heterocycles. The fourth-order valence-electron chi connectivity index (χ4n) is 3.73. The Labute approximate surface area is 243 Å². The zero-order chi connectivity index (χ0) is 29.0. The van der Waals surface area contributed by atoms with Gasteiger partial charge in [0, 0.05) is 33.4 Å². The van der Waals surface area contributed by atoms with E-state index < -0.39 is 8.80 Å². The summed E-state index contributed by atoms with van der Waals surface area (Å²) in [6, 6.07) is 13.5. The van der Waals surface area contributed by atoms with Crippen molar-refractivity contribution in [2.45, 2.75) is 12.5 Å². The van der Waals surface area contributed by atoms with E-state index in [0.717, 1.165) is 12.2 Å². The molecule has 2 aromatic rings. The summed E-state index contributed by atoms with van der Waals surface area (Å²) in [6.07, 6.45) is 0.746. The highest BCUT2D eigenvalue weighted by atomic mass is 28.4. The zero-order valence-corrected chi connectivity index (χ0v) is 25.2. The van der Waals surface area contributed by atoms with Gasteiger partial charge in [0.15, 0.2) is 11.5 Å². The Bertz CT molecular complexity index is 1000. The molecule has 0 amide bonds. The van der Waals surface area contributed by atoms with Crippen LogP contribution >= 0.6 is 0 Å². The van der Waals surface area contributed by atoms with E-state index in [1.807, 2.05) is 36.4 Å². The number of ether oxygens (including phenoxy) is 7. The topological polar surface area (TPSA) is 117 Å². The van der Waals surface area contributed by atoms with E-state index in [4.69, 9.17) is 46.4 Å². The van der Waals surface area contributed by atoms with E-state index in [2.05, 4.69) is 10.2 Å². The molecule has 0 atom stereocenters. The summed E-state index contributed by atoms with van der Waals surface area (Å²) in [5.74, 6) is 1.89. The summed E-state index contributed by atoms with van der Waals surface area (Å²) in [6.45, 7) is 5.10. The first-order valence-electron chi connectivity index (χ1n) is 13.7. The second-order valence-electron chi connectivity index (χ2n) is 8.72. The summed E-state index contributed by atoms with van der Waals surface area (Å²) >= 11 is 0. The molecule has 12 nitrogen and oxygen atoms in total. The molecule has 13 heteroatoms. The minimum Gasteiger partial charge on any atom is -0.494 e. The zero-order valence-electron chi connectivity index (χ0n) is 24.2. The molecule has 0 fully saturated rings. The van der Waals surface area contributed by atoms with Crippen LogP contribution in [0.1, 0.15) is 6.42 Å². The Hall–Kier alpha value is -2.62. The molecule has 41 heavy (non-hydrogen) atoms. The van der Waals surface area contributed by atoms with E-state index in [0.29, 0.717) is 102 Å². The third-order valence-electron chi connectivity index (χ3n) is 5.96. The van der Waals surface area contributed by atoms with E-state index >= 15 is 0 Å². The number of fused-ring (bicyclic) bond motifs is 1. The van der Waals surface area contributed by atoms with Crippen molar-refractivity contribution < 1.29 is 46.4 Å². The van der Waals surface area contributed by atoms with Crippen molar-refractivity contribution >= 4 is 20.2 Å². The van der Waals surface area contributed by atoms with Crippen molar-refractivity contribution in [3.8, 4) is 17.2 Å². The molecular weight excluding hydrogens is 552 g/mol. The summed E-state index contributed by atoms with van der Waals surface area (Å²) in [5.41, 5.74) is 1.31. The largest absolute Gasteiger partial charge is 0.500 e. The smallest absolute Gasteiger partial charge is 0.494 e. The van der Waals surface area contributed by atoms with Crippen LogP contribution in [-0.4, -0.2) is 103 Å². The minimum absolute atomic E-state index is 0.351. The highest BCUT2D eigenvalue weighted by molar-refractivity contribution is 6.60. The van der Waals surface area contributed by atoms with Gasteiger partial charge in [-0.25, -0.2) is 0 Å². The number of nitrogens with zero attached hydrogens (tertiary/aromatic N) is 2. The molecule has 0 saturated carbocycles. The summed E-state index contributed by atoms with van der Waals surface area (Å²) < 4.78 is 56.0. The highest BCUT2D eigenvalue weighted by Crippen LogP contribution is 2.33. The third-order valence-corrected chi connectivity index (χ3v) is 8.79. The van der Waals surface area contributed by atoms with Crippen LogP contribution in [0.3, 0.4) is 0 Å². The van der Waals surface area contributed by atoms with Crippen LogP contribution < -0.4 is 14.2 Å². The molecule has 2 aromatic carbocycles. The Kier molecular flexibility index (Phi) is 15.6. The van der Waals surface area contributed by atoms with Crippen molar-refractivity contribution in [2.24, 2.45) is 10.2 Å². The highest BCUT2D eigenvalue weighted by Gasteiger charge is 2.36. The van der Waals surface area contributed by atoms with Crippen LogP contribution in [0.25, 0.3) is 0 Å². The molecule has 3 rings (SSSR count). The van der Waals surface area contributed by atoms with Crippen LogP contribution in [0.2, 0.25) is 6.04 Å². The Morgan fingerprint density at radius 2 is 1.10 bits per heavy atom. The third kappa shape index (κ3) is 12.4. The van der Waals surface area contributed by atoms with Gasteiger partial charge in [-0.05, 0) is 42.8 Å². The van der Waals surface area contributed by atoms with Crippen LogP contribution in [0.5, 0.6) is 17.2 Å². The maximum absolute atomic E-state index is 5.94. The second-order valence-corrected chi connectivity index (χ2v) is 11.8. The summed E-state index contributed by atoms with van der Waals surface area (Å²) in [5, 5.41) is 8.72. The molecular formula is C28H42N2O10Si. The molecule has 0 bridgehead atoms. The van der Waals surface area contributed by atoms with Crippen LogP contribution in [0.4, 0.5) is 11.4 Å². The minimum atomic E-state index is -2.59. The lowest BCUT2D eigenvalue weighted by molar-refractivity contribution is -0.00841. The maximum Gasteiger partial charge on any atom is 0.500 e. The van der Waals surface area contributed by atoms with Crippen molar-refractivity contribution in [1.29, 1.82) is 0 Å². The number of benzene rings is 2. The standard InChI is InChI=1S/C28H42N2O10Si/c1-31-41(32-2,33-3)22-4-11-38-26-8-5-24(6-9-26)29-30-25-7-10-27-28(23-25)40-21-19-37-17-15-35-13-12-34-14-16-36-18-20-39-27/h5-10,23H,4,11-22H2,1-3H3. The van der Waals surface area contributed by atoms with Gasteiger partial charge >= 0.3 is 8.80 Å². The lowest BCUT2D eigenvalue weighted by Crippen LogP contribution is -2.42. The molecule has 228 valence electrons. The molecule has 0 aliphatic carbocycles. The van der Waals surface area contributed by atoms with E-state index in [1.165, 1.54) is 0 Å². The fraction of sp³-hybridized carbons (Fsp3) is 0.571. The van der Waals surface area contributed by atoms with Gasteiger partial charge in [-0.15, -0.1) is 0 Å². The Balaban J connectivity index is 1.53. The Morgan fingerprint density at radius 1 is 0.610 bits per heavy atom. The quantitative estimate of drug-likeness (QED) is 0.220. The molecule has 1 heterocycles. The van der Waals surface area contributed by atoms with Gasteiger partial charge in [-0.3, -0.25) is 0 Å². The number of rotatable bonds is 10. The molecule has 1 aliphatic rings. The van der Waals surface area contributed by atoms with Gasteiger partial charge in [-0.1, -0.05) is 0 Å². The molecule has 0 N–H and O–H groups in total. The van der Waals surface area contributed by atoms with Crippen molar-refractivity contribution in [3.63, 3.8) is 0 Å². The normalized spacial score (nSPS) is 16.7. The van der Waals surface area contributed by atoms with Crippen LogP contribution in [0.15, 0.2) is 52.7 Å². The van der Waals surface area contributed by atoms with Gasteiger partial charge in [0.1, 0.15) is 19.0 Å². The number of hydrogen-bond acceptors (Lipinski definition) is 12. The monoisotopic (exact) mass is 594 g/mol. The maximum atomic E-state index is 5.94. The van der Waals surface area contributed by atoms with Gasteiger partial charge in [0.05, 0.1) is 70.8 Å². The van der Waals surface area contributed by atoms with E-state index in [-0.39, 0.29) is 0 Å². The van der Waals surface area contributed by atoms with Crippen molar-refractivity contribution in [1.82, 2.24) is 0 Å². The lowest BCUT2D eigenvalue weighted by Gasteiger charge is -2.24. The van der Waals surface area contributed by atoms with Gasteiger partial charge < -0.3 is 46.4 Å². The van der Waals surface area contributed by atoms with Gasteiger partial charge in [0.25, 0.3) is 0 Å². The number of azo groups is 1. The van der Waals surface area contributed by atoms with E-state index in [9.17, 15) is 0 Å². The van der Waals surface area contributed by atoms with E-state index in [1.54, 1.807) is 27.4 Å². The van der Waals surface area contributed by atoms with Crippen molar-refractivity contribution in [3.05, 3.63) is 42.5 Å². The van der Waals surface area contributed by atoms with Crippen LogP contribution in [0, 0.1) is 0 Å². The fourth-order valence-corrected chi connectivity index (χ4v) is 5.42. The molecule has 0 saturated heterocycles. The average Bonchev–Trinajstić information content (AvgIpc) is 3.01. The first-order chi connectivity index (χ1) is 20.2. The number of hydrogen-bond donors (Lipinski definition) is 0. The SMILES string of the molecule is CO[Si](CCCOc1ccc(N=Nc2ccc3c(c2)OCCOCCOCCOCCOCCO3)cc1)(OC)OC.